The number of hydrogen-bond acceptors (Lipinski definition) is 3. The first kappa shape index (κ1) is 15.2. The SMILES string of the molecule is Cc1ccnc(CCNC(C)c2cc3cc(Br)ccc3[nH]2)n1. The van der Waals surface area contributed by atoms with E-state index in [-0.39, 0.29) is 6.04 Å². The van der Waals surface area contributed by atoms with Gasteiger partial charge in [0, 0.05) is 52.0 Å². The first-order valence-electron chi connectivity index (χ1n) is 7.42. The molecule has 1 atom stereocenters. The van der Waals surface area contributed by atoms with Crippen molar-refractivity contribution in [2.75, 3.05) is 6.54 Å². The summed E-state index contributed by atoms with van der Waals surface area (Å²) < 4.78 is 1.10. The van der Waals surface area contributed by atoms with Gasteiger partial charge in [0.1, 0.15) is 5.82 Å². The van der Waals surface area contributed by atoms with Gasteiger partial charge < -0.3 is 10.3 Å². The van der Waals surface area contributed by atoms with E-state index in [0.717, 1.165) is 34.5 Å². The molecule has 0 amide bonds. The van der Waals surface area contributed by atoms with E-state index in [1.807, 2.05) is 19.2 Å². The highest BCUT2D eigenvalue weighted by molar-refractivity contribution is 9.10. The predicted octanol–water partition coefficient (Wildman–Crippen LogP) is 3.92. The Hall–Kier alpha value is -1.72. The number of H-pyrrole nitrogens is 1. The highest BCUT2D eigenvalue weighted by Crippen LogP contribution is 2.23. The molecule has 1 unspecified atom stereocenters. The Balaban J connectivity index is 1.62. The first-order valence-corrected chi connectivity index (χ1v) is 8.21. The van der Waals surface area contributed by atoms with E-state index in [4.69, 9.17) is 0 Å². The summed E-state index contributed by atoms with van der Waals surface area (Å²) in [7, 11) is 0. The number of rotatable bonds is 5. The van der Waals surface area contributed by atoms with E-state index in [0.29, 0.717) is 0 Å². The van der Waals surface area contributed by atoms with Crippen molar-refractivity contribution < 1.29 is 0 Å². The van der Waals surface area contributed by atoms with Gasteiger partial charge in [-0.25, -0.2) is 9.97 Å². The van der Waals surface area contributed by atoms with Gasteiger partial charge in [-0.1, -0.05) is 15.9 Å². The lowest BCUT2D eigenvalue weighted by Gasteiger charge is -2.11. The van der Waals surface area contributed by atoms with Gasteiger partial charge in [-0.2, -0.15) is 0 Å². The normalized spacial score (nSPS) is 12.7. The lowest BCUT2D eigenvalue weighted by molar-refractivity contribution is 0.561. The van der Waals surface area contributed by atoms with Crippen molar-refractivity contribution in [1.29, 1.82) is 0 Å². The van der Waals surface area contributed by atoms with Gasteiger partial charge in [0.05, 0.1) is 0 Å². The van der Waals surface area contributed by atoms with Crippen molar-refractivity contribution in [3.05, 3.63) is 58.2 Å². The van der Waals surface area contributed by atoms with Gasteiger partial charge in [0.15, 0.2) is 0 Å². The van der Waals surface area contributed by atoms with Crippen LogP contribution in [0, 0.1) is 6.92 Å². The molecule has 0 aliphatic carbocycles. The van der Waals surface area contributed by atoms with Gasteiger partial charge in [0.2, 0.25) is 0 Å². The van der Waals surface area contributed by atoms with Crippen LogP contribution in [0.3, 0.4) is 0 Å². The van der Waals surface area contributed by atoms with Crippen molar-refractivity contribution in [2.24, 2.45) is 0 Å². The van der Waals surface area contributed by atoms with Crippen LogP contribution < -0.4 is 5.32 Å². The molecule has 114 valence electrons. The van der Waals surface area contributed by atoms with Gasteiger partial charge in [0.25, 0.3) is 0 Å². The Morgan fingerprint density at radius 1 is 1.27 bits per heavy atom. The molecule has 0 fully saturated rings. The standard InChI is InChI=1S/C17H19BrN4/c1-11-5-7-20-17(21-11)6-8-19-12(2)16-10-13-9-14(18)3-4-15(13)22-16/h3-5,7,9-10,12,19,22H,6,8H2,1-2H3. The van der Waals surface area contributed by atoms with Crippen LogP contribution in [0.1, 0.15) is 30.2 Å². The third kappa shape index (κ3) is 3.54. The minimum atomic E-state index is 0.260. The molecule has 0 radical (unpaired) electrons. The molecule has 2 heterocycles. The third-order valence-corrected chi connectivity index (χ3v) is 4.21. The molecule has 3 aromatic rings. The number of aromatic amines is 1. The molecule has 0 spiro atoms. The van der Waals surface area contributed by atoms with E-state index < -0.39 is 0 Å². The van der Waals surface area contributed by atoms with E-state index in [1.54, 1.807) is 0 Å². The molecule has 0 aliphatic heterocycles. The fourth-order valence-corrected chi connectivity index (χ4v) is 2.87. The third-order valence-electron chi connectivity index (χ3n) is 3.71. The second-order valence-corrected chi connectivity index (χ2v) is 6.41. The van der Waals surface area contributed by atoms with Crippen LogP contribution in [0.5, 0.6) is 0 Å². The Labute approximate surface area is 138 Å². The Kier molecular flexibility index (Phi) is 4.55. The van der Waals surface area contributed by atoms with Crippen molar-refractivity contribution in [3.8, 4) is 0 Å². The van der Waals surface area contributed by atoms with Crippen LogP contribution in [0.2, 0.25) is 0 Å². The summed E-state index contributed by atoms with van der Waals surface area (Å²) in [6.07, 6.45) is 2.65. The summed E-state index contributed by atoms with van der Waals surface area (Å²) in [5.74, 6) is 0.889. The minimum absolute atomic E-state index is 0.260. The minimum Gasteiger partial charge on any atom is -0.357 e. The Bertz CT molecular complexity index is 781. The van der Waals surface area contributed by atoms with Crippen molar-refractivity contribution in [1.82, 2.24) is 20.3 Å². The molecule has 1 aromatic carbocycles. The molecule has 3 rings (SSSR count). The van der Waals surface area contributed by atoms with E-state index >= 15 is 0 Å². The molecule has 22 heavy (non-hydrogen) atoms. The Morgan fingerprint density at radius 2 is 2.14 bits per heavy atom. The number of hydrogen-bond donors (Lipinski definition) is 2. The monoisotopic (exact) mass is 358 g/mol. The van der Waals surface area contributed by atoms with Crippen molar-refractivity contribution in [3.63, 3.8) is 0 Å². The lowest BCUT2D eigenvalue weighted by Crippen LogP contribution is -2.22. The van der Waals surface area contributed by atoms with Gasteiger partial charge in [-0.05, 0) is 44.2 Å². The summed E-state index contributed by atoms with van der Waals surface area (Å²) in [4.78, 5) is 12.2. The summed E-state index contributed by atoms with van der Waals surface area (Å²) in [5.41, 5.74) is 3.37. The van der Waals surface area contributed by atoms with Crippen molar-refractivity contribution in [2.45, 2.75) is 26.3 Å². The number of halogens is 1. The number of fused-ring (bicyclic) bond motifs is 1. The number of benzene rings is 1. The maximum Gasteiger partial charge on any atom is 0.129 e. The van der Waals surface area contributed by atoms with Gasteiger partial charge >= 0.3 is 0 Å². The molecule has 0 aliphatic rings. The first-order chi connectivity index (χ1) is 10.6. The van der Waals surface area contributed by atoms with Crippen LogP contribution in [-0.4, -0.2) is 21.5 Å². The zero-order valence-electron chi connectivity index (χ0n) is 12.7. The van der Waals surface area contributed by atoms with E-state index in [9.17, 15) is 0 Å². The van der Waals surface area contributed by atoms with Gasteiger partial charge in [-0.15, -0.1) is 0 Å². The Morgan fingerprint density at radius 3 is 2.95 bits per heavy atom. The molecule has 4 nitrogen and oxygen atoms in total. The fourth-order valence-electron chi connectivity index (χ4n) is 2.49. The summed E-state index contributed by atoms with van der Waals surface area (Å²) in [6.45, 7) is 5.00. The second-order valence-electron chi connectivity index (χ2n) is 5.50. The van der Waals surface area contributed by atoms with E-state index in [2.05, 4.69) is 67.4 Å². The predicted molar refractivity (Wildman–Crippen MR) is 92.9 cm³/mol. The molecule has 2 aromatic heterocycles. The smallest absolute Gasteiger partial charge is 0.129 e. The topological polar surface area (TPSA) is 53.6 Å². The zero-order chi connectivity index (χ0) is 15.5. The summed E-state index contributed by atoms with van der Waals surface area (Å²) in [6, 6.07) is 10.6. The van der Waals surface area contributed by atoms with Crippen LogP contribution in [-0.2, 0) is 6.42 Å². The average molecular weight is 359 g/mol. The number of aryl methyl sites for hydroxylation is 1. The molecule has 2 N–H and O–H groups in total. The van der Waals surface area contributed by atoms with Crippen molar-refractivity contribution >= 4 is 26.8 Å². The fraction of sp³-hybridized carbons (Fsp3) is 0.294. The molecule has 0 saturated heterocycles. The molecule has 0 saturated carbocycles. The average Bonchev–Trinajstić information content (AvgIpc) is 2.90. The van der Waals surface area contributed by atoms with Crippen LogP contribution >= 0.6 is 15.9 Å². The summed E-state index contributed by atoms with van der Waals surface area (Å²) in [5, 5.41) is 4.74. The molecular formula is C17H19BrN4. The van der Waals surface area contributed by atoms with Gasteiger partial charge in [-0.3, -0.25) is 0 Å². The second kappa shape index (κ2) is 6.58. The van der Waals surface area contributed by atoms with Crippen LogP contribution in [0.4, 0.5) is 0 Å². The van der Waals surface area contributed by atoms with E-state index in [1.165, 1.54) is 11.1 Å². The largest absolute Gasteiger partial charge is 0.357 e. The molecule has 0 bridgehead atoms. The molecule has 5 heteroatoms. The number of nitrogens with one attached hydrogen (secondary N) is 2. The van der Waals surface area contributed by atoms with Crippen LogP contribution in [0.15, 0.2) is 41.0 Å². The number of nitrogens with zero attached hydrogens (tertiary/aromatic N) is 2. The molecular weight excluding hydrogens is 340 g/mol. The quantitative estimate of drug-likeness (QED) is 0.726. The van der Waals surface area contributed by atoms with Crippen LogP contribution in [0.25, 0.3) is 10.9 Å². The lowest BCUT2D eigenvalue weighted by atomic mass is 10.2. The summed E-state index contributed by atoms with van der Waals surface area (Å²) >= 11 is 3.51. The zero-order valence-corrected chi connectivity index (χ0v) is 14.3. The highest BCUT2D eigenvalue weighted by atomic mass is 79.9. The number of aromatic nitrogens is 3. The highest BCUT2D eigenvalue weighted by Gasteiger charge is 2.09. The maximum absolute atomic E-state index is 4.42. The maximum atomic E-state index is 4.42.